The zero-order valence-corrected chi connectivity index (χ0v) is 9.42. The van der Waals surface area contributed by atoms with E-state index < -0.39 is 6.10 Å². The molecule has 0 spiro atoms. The number of thiocarbonyl (C=S) groups is 1. The zero-order valence-electron chi connectivity index (χ0n) is 8.60. The molecule has 0 saturated carbocycles. The first kappa shape index (κ1) is 11.0. The molecule has 5 heteroatoms. The highest BCUT2D eigenvalue weighted by atomic mass is 32.1. The minimum Gasteiger partial charge on any atom is -0.362 e. The highest BCUT2D eigenvalue weighted by molar-refractivity contribution is 7.80. The molecule has 1 unspecified atom stereocenters. The largest absolute Gasteiger partial charge is 0.362 e. The van der Waals surface area contributed by atoms with E-state index >= 15 is 0 Å². The van der Waals surface area contributed by atoms with Crippen LogP contribution < -0.4 is 10.6 Å². The fourth-order valence-corrected chi connectivity index (χ4v) is 1.60. The third-order valence-corrected chi connectivity index (χ3v) is 2.52. The van der Waals surface area contributed by atoms with Crippen molar-refractivity contribution >= 4 is 23.2 Å². The van der Waals surface area contributed by atoms with Crippen LogP contribution in [0.1, 0.15) is 5.56 Å². The average molecular weight is 236 g/mol. The summed E-state index contributed by atoms with van der Waals surface area (Å²) < 4.78 is 5.50. The number of amides is 1. The average Bonchev–Trinajstić information content (AvgIpc) is 2.29. The second-order valence-electron chi connectivity index (χ2n) is 3.48. The minimum atomic E-state index is -0.480. The van der Waals surface area contributed by atoms with Crippen molar-refractivity contribution in [2.75, 3.05) is 6.54 Å². The standard InChI is InChI=1S/C11H12N2O2S/c14-10-9(6-12-11(16)13-10)15-7-8-4-2-1-3-5-8/h1-5,9H,6-7H2,(H2,12,13,14,16). The van der Waals surface area contributed by atoms with Crippen molar-refractivity contribution in [2.24, 2.45) is 0 Å². The quantitative estimate of drug-likeness (QED) is 0.754. The Kier molecular flexibility index (Phi) is 3.48. The van der Waals surface area contributed by atoms with Gasteiger partial charge in [0.25, 0.3) is 5.91 Å². The predicted molar refractivity (Wildman–Crippen MR) is 63.8 cm³/mol. The number of carbonyl (C=O) groups excluding carboxylic acids is 1. The van der Waals surface area contributed by atoms with E-state index in [9.17, 15) is 4.79 Å². The van der Waals surface area contributed by atoms with E-state index in [1.807, 2.05) is 30.3 Å². The van der Waals surface area contributed by atoms with Crippen LogP contribution in [0.4, 0.5) is 0 Å². The van der Waals surface area contributed by atoms with Gasteiger partial charge in [0.15, 0.2) is 11.2 Å². The van der Waals surface area contributed by atoms with E-state index in [0.29, 0.717) is 18.3 Å². The second-order valence-corrected chi connectivity index (χ2v) is 3.89. The molecular formula is C11H12N2O2S. The lowest BCUT2D eigenvalue weighted by Crippen LogP contribution is -2.55. The van der Waals surface area contributed by atoms with Crippen LogP contribution >= 0.6 is 12.2 Å². The molecule has 1 aliphatic heterocycles. The van der Waals surface area contributed by atoms with Gasteiger partial charge in [0, 0.05) is 0 Å². The van der Waals surface area contributed by atoms with Crippen LogP contribution in [0.3, 0.4) is 0 Å². The first-order valence-corrected chi connectivity index (χ1v) is 5.41. The molecule has 4 nitrogen and oxygen atoms in total. The molecule has 0 radical (unpaired) electrons. The van der Waals surface area contributed by atoms with Gasteiger partial charge in [-0.15, -0.1) is 0 Å². The molecular weight excluding hydrogens is 224 g/mol. The van der Waals surface area contributed by atoms with Crippen LogP contribution in [0.5, 0.6) is 0 Å². The van der Waals surface area contributed by atoms with E-state index in [2.05, 4.69) is 10.6 Å². The van der Waals surface area contributed by atoms with Crippen LogP contribution in [0, 0.1) is 0 Å². The van der Waals surface area contributed by atoms with Gasteiger partial charge in [0.05, 0.1) is 13.2 Å². The molecule has 1 heterocycles. The van der Waals surface area contributed by atoms with Gasteiger partial charge in [-0.1, -0.05) is 30.3 Å². The molecule has 1 aromatic rings. The summed E-state index contributed by atoms with van der Waals surface area (Å²) in [5, 5.41) is 5.76. The third kappa shape index (κ3) is 2.77. The molecule has 1 amide bonds. The summed E-state index contributed by atoms with van der Waals surface area (Å²) in [6, 6.07) is 9.73. The molecule has 2 rings (SSSR count). The molecule has 1 saturated heterocycles. The van der Waals surface area contributed by atoms with Crippen LogP contribution in [-0.4, -0.2) is 23.7 Å². The molecule has 0 aromatic heterocycles. The predicted octanol–water partition coefficient (Wildman–Crippen LogP) is 0.576. The van der Waals surface area contributed by atoms with Gasteiger partial charge >= 0.3 is 0 Å². The number of hydrogen-bond acceptors (Lipinski definition) is 3. The van der Waals surface area contributed by atoms with Crippen molar-refractivity contribution in [2.45, 2.75) is 12.7 Å². The summed E-state index contributed by atoms with van der Waals surface area (Å²) >= 11 is 4.81. The molecule has 1 atom stereocenters. The van der Waals surface area contributed by atoms with Crippen LogP contribution in [0.2, 0.25) is 0 Å². The Bertz CT molecular complexity index is 394. The second kappa shape index (κ2) is 5.05. The van der Waals surface area contributed by atoms with Gasteiger partial charge < -0.3 is 15.4 Å². The summed E-state index contributed by atoms with van der Waals surface area (Å²) in [7, 11) is 0. The first-order chi connectivity index (χ1) is 7.75. The maximum absolute atomic E-state index is 11.5. The lowest BCUT2D eigenvalue weighted by atomic mass is 10.2. The van der Waals surface area contributed by atoms with Crippen LogP contribution in [-0.2, 0) is 16.1 Å². The van der Waals surface area contributed by atoms with Gasteiger partial charge in [-0.2, -0.15) is 0 Å². The first-order valence-electron chi connectivity index (χ1n) is 5.00. The van der Waals surface area contributed by atoms with E-state index in [-0.39, 0.29) is 5.91 Å². The van der Waals surface area contributed by atoms with E-state index in [1.54, 1.807) is 0 Å². The summed E-state index contributed by atoms with van der Waals surface area (Å²) in [5.74, 6) is -0.181. The summed E-state index contributed by atoms with van der Waals surface area (Å²) in [5.41, 5.74) is 1.04. The third-order valence-electron chi connectivity index (χ3n) is 2.27. The monoisotopic (exact) mass is 236 g/mol. The Balaban J connectivity index is 1.87. The van der Waals surface area contributed by atoms with Crippen molar-refractivity contribution in [3.05, 3.63) is 35.9 Å². The topological polar surface area (TPSA) is 50.4 Å². The molecule has 16 heavy (non-hydrogen) atoms. The van der Waals surface area contributed by atoms with Gasteiger partial charge in [-0.3, -0.25) is 4.79 Å². The molecule has 0 aliphatic carbocycles. The Hall–Kier alpha value is -1.46. The SMILES string of the molecule is O=C1NC(=S)NCC1OCc1ccccc1. The minimum absolute atomic E-state index is 0.181. The normalized spacial score (nSPS) is 20.1. The number of nitrogens with one attached hydrogen (secondary N) is 2. The number of carbonyl (C=O) groups is 1. The van der Waals surface area contributed by atoms with Crippen molar-refractivity contribution < 1.29 is 9.53 Å². The maximum atomic E-state index is 11.5. The lowest BCUT2D eigenvalue weighted by Gasteiger charge is -2.24. The van der Waals surface area contributed by atoms with E-state index in [4.69, 9.17) is 17.0 Å². The van der Waals surface area contributed by atoms with Gasteiger partial charge in [0.2, 0.25) is 0 Å². The van der Waals surface area contributed by atoms with Crippen molar-refractivity contribution in [3.63, 3.8) is 0 Å². The fourth-order valence-electron chi connectivity index (χ4n) is 1.42. The molecule has 1 fully saturated rings. The van der Waals surface area contributed by atoms with Gasteiger partial charge in [-0.05, 0) is 17.8 Å². The smallest absolute Gasteiger partial charge is 0.257 e. The van der Waals surface area contributed by atoms with Gasteiger partial charge in [0.1, 0.15) is 0 Å². The number of ether oxygens (including phenoxy) is 1. The molecule has 1 aromatic carbocycles. The van der Waals surface area contributed by atoms with Gasteiger partial charge in [-0.25, -0.2) is 0 Å². The Morgan fingerprint density at radius 1 is 1.38 bits per heavy atom. The molecule has 1 aliphatic rings. The Morgan fingerprint density at radius 3 is 2.81 bits per heavy atom. The van der Waals surface area contributed by atoms with Crippen LogP contribution in [0.25, 0.3) is 0 Å². The summed E-state index contributed by atoms with van der Waals surface area (Å²) in [4.78, 5) is 11.5. The fraction of sp³-hybridized carbons (Fsp3) is 0.273. The summed E-state index contributed by atoms with van der Waals surface area (Å²) in [6.07, 6.45) is -0.480. The molecule has 2 N–H and O–H groups in total. The number of benzene rings is 1. The number of hydrogen-bond donors (Lipinski definition) is 2. The summed E-state index contributed by atoms with van der Waals surface area (Å²) in [6.45, 7) is 0.852. The highest BCUT2D eigenvalue weighted by Crippen LogP contribution is 2.04. The molecule has 84 valence electrons. The van der Waals surface area contributed by atoms with Crippen molar-refractivity contribution in [1.82, 2.24) is 10.6 Å². The van der Waals surface area contributed by atoms with Crippen LogP contribution in [0.15, 0.2) is 30.3 Å². The Morgan fingerprint density at radius 2 is 2.12 bits per heavy atom. The van der Waals surface area contributed by atoms with E-state index in [0.717, 1.165) is 5.56 Å². The van der Waals surface area contributed by atoms with Crippen molar-refractivity contribution in [1.29, 1.82) is 0 Å². The molecule has 0 bridgehead atoms. The lowest BCUT2D eigenvalue weighted by molar-refractivity contribution is -0.132. The van der Waals surface area contributed by atoms with Crippen molar-refractivity contribution in [3.8, 4) is 0 Å². The maximum Gasteiger partial charge on any atom is 0.257 e. The number of rotatable bonds is 3. The highest BCUT2D eigenvalue weighted by Gasteiger charge is 2.24. The van der Waals surface area contributed by atoms with E-state index in [1.165, 1.54) is 0 Å². The zero-order chi connectivity index (χ0) is 11.4. The Labute approximate surface area is 99.0 Å².